The van der Waals surface area contributed by atoms with Gasteiger partial charge in [-0.3, -0.25) is 9.69 Å². The van der Waals surface area contributed by atoms with Crippen molar-refractivity contribution in [2.24, 2.45) is 0 Å². The van der Waals surface area contributed by atoms with E-state index < -0.39 is 0 Å². The highest BCUT2D eigenvalue weighted by Gasteiger charge is 2.13. The van der Waals surface area contributed by atoms with E-state index >= 15 is 0 Å². The zero-order valence-electron chi connectivity index (χ0n) is 15.9. The Morgan fingerprint density at radius 1 is 1.25 bits per heavy atom. The second-order valence-electron chi connectivity index (χ2n) is 6.66. The first-order chi connectivity index (χ1) is 13.3. The Bertz CT molecular complexity index is 1060. The van der Waals surface area contributed by atoms with Gasteiger partial charge in [-0.15, -0.1) is 5.10 Å². The van der Waals surface area contributed by atoms with Crippen molar-refractivity contribution in [1.29, 1.82) is 0 Å². The molecule has 0 saturated carbocycles. The number of likely N-dealkylation sites (N-methyl/N-ethyl adjacent to an activating group) is 1. The highest BCUT2D eigenvalue weighted by Crippen LogP contribution is 2.22. The van der Waals surface area contributed by atoms with Crippen molar-refractivity contribution in [2.75, 3.05) is 18.9 Å². The number of nitrogens with one attached hydrogen (secondary N) is 1. The molecule has 146 valence electrons. The maximum absolute atomic E-state index is 12.3. The van der Waals surface area contributed by atoms with E-state index in [0.29, 0.717) is 23.3 Å². The van der Waals surface area contributed by atoms with Crippen LogP contribution >= 0.6 is 23.8 Å². The summed E-state index contributed by atoms with van der Waals surface area (Å²) in [5.41, 5.74) is 3.80. The molecule has 1 aromatic heterocycles. The summed E-state index contributed by atoms with van der Waals surface area (Å²) in [5.74, 6) is 0.280. The minimum atomic E-state index is -0.181. The summed E-state index contributed by atoms with van der Waals surface area (Å²) in [6.07, 6.45) is 0. The van der Waals surface area contributed by atoms with Crippen molar-refractivity contribution in [1.82, 2.24) is 14.7 Å². The van der Waals surface area contributed by atoms with Crippen LogP contribution < -0.4 is 5.32 Å². The molecule has 8 heteroatoms. The second-order valence-corrected chi connectivity index (χ2v) is 7.41. The minimum absolute atomic E-state index is 0.152. The summed E-state index contributed by atoms with van der Waals surface area (Å²) in [4.78, 5) is 14.3. The average Bonchev–Trinajstić information content (AvgIpc) is 2.99. The molecule has 6 nitrogen and oxygen atoms in total. The van der Waals surface area contributed by atoms with Crippen LogP contribution in [0.1, 0.15) is 11.1 Å². The summed E-state index contributed by atoms with van der Waals surface area (Å²) in [5, 5.41) is 7.74. The third-order valence-electron chi connectivity index (χ3n) is 4.30. The van der Waals surface area contributed by atoms with E-state index in [1.807, 2.05) is 37.3 Å². The van der Waals surface area contributed by atoms with E-state index in [1.54, 1.807) is 28.8 Å². The number of para-hydroxylation sites is 1. The highest BCUT2D eigenvalue weighted by atomic mass is 35.5. The van der Waals surface area contributed by atoms with Crippen LogP contribution in [0.2, 0.25) is 5.02 Å². The Morgan fingerprint density at radius 3 is 2.71 bits per heavy atom. The number of carbonyl (C=O) groups excluding carboxylic acids is 1. The van der Waals surface area contributed by atoms with Gasteiger partial charge in [0.25, 0.3) is 4.84 Å². The number of hydrogen-bond donors (Lipinski definition) is 1. The monoisotopic (exact) mass is 416 g/mol. The molecule has 0 saturated heterocycles. The molecule has 0 aliphatic rings. The van der Waals surface area contributed by atoms with Crippen molar-refractivity contribution >= 4 is 35.4 Å². The summed E-state index contributed by atoms with van der Waals surface area (Å²) in [7, 11) is 1.80. The number of anilines is 1. The van der Waals surface area contributed by atoms with E-state index in [9.17, 15) is 4.79 Å². The molecule has 3 aromatic rings. The Hall–Kier alpha value is -2.48. The van der Waals surface area contributed by atoms with Gasteiger partial charge in [-0.25, -0.2) is 4.68 Å². The predicted octanol–water partition coefficient (Wildman–Crippen LogP) is 4.67. The van der Waals surface area contributed by atoms with Gasteiger partial charge in [0.1, 0.15) is 0 Å². The molecule has 0 unspecified atom stereocenters. The Labute approximate surface area is 173 Å². The quantitative estimate of drug-likeness (QED) is 0.591. The zero-order chi connectivity index (χ0) is 20.3. The number of aromatic nitrogens is 2. The van der Waals surface area contributed by atoms with Gasteiger partial charge in [-0.1, -0.05) is 29.8 Å². The van der Waals surface area contributed by atoms with Gasteiger partial charge < -0.3 is 9.73 Å². The lowest BCUT2D eigenvalue weighted by molar-refractivity contribution is -0.117. The predicted molar refractivity (Wildman–Crippen MR) is 113 cm³/mol. The molecule has 28 heavy (non-hydrogen) atoms. The lowest BCUT2D eigenvalue weighted by Crippen LogP contribution is -2.32. The van der Waals surface area contributed by atoms with Crippen LogP contribution in [0.3, 0.4) is 0 Å². The molecule has 0 spiro atoms. The van der Waals surface area contributed by atoms with Crippen molar-refractivity contribution < 1.29 is 9.21 Å². The molecule has 1 heterocycles. The summed E-state index contributed by atoms with van der Waals surface area (Å²) in [6, 6.07) is 13.1. The number of hydrogen-bond acceptors (Lipinski definition) is 5. The Balaban J connectivity index is 1.65. The van der Waals surface area contributed by atoms with E-state index in [-0.39, 0.29) is 17.3 Å². The molecular weight excluding hydrogens is 396 g/mol. The fourth-order valence-corrected chi connectivity index (χ4v) is 3.02. The Kier molecular flexibility index (Phi) is 6.28. The van der Waals surface area contributed by atoms with Gasteiger partial charge in [-0.05, 0) is 68.5 Å². The summed E-state index contributed by atoms with van der Waals surface area (Å²) in [6.45, 7) is 4.56. The normalized spacial score (nSPS) is 11.0. The van der Waals surface area contributed by atoms with Gasteiger partial charge in [0, 0.05) is 5.56 Å². The third kappa shape index (κ3) is 4.86. The van der Waals surface area contributed by atoms with Gasteiger partial charge in [0.15, 0.2) is 0 Å². The van der Waals surface area contributed by atoms with Crippen LogP contribution in [0.25, 0.3) is 11.5 Å². The largest absolute Gasteiger partial charge is 0.409 e. The van der Waals surface area contributed by atoms with E-state index in [1.165, 1.54) is 5.56 Å². The second kappa shape index (κ2) is 8.68. The van der Waals surface area contributed by atoms with Crippen molar-refractivity contribution in [3.05, 3.63) is 63.5 Å². The summed E-state index contributed by atoms with van der Waals surface area (Å²) >= 11 is 11.3. The number of aryl methyl sites for hydroxylation is 2. The van der Waals surface area contributed by atoms with Crippen molar-refractivity contribution in [2.45, 2.75) is 20.5 Å². The lowest BCUT2D eigenvalue weighted by Gasteiger charge is -2.16. The highest BCUT2D eigenvalue weighted by molar-refractivity contribution is 7.71. The topological polar surface area (TPSA) is 63.3 Å². The molecule has 0 aliphatic heterocycles. The molecule has 0 atom stereocenters. The Morgan fingerprint density at radius 2 is 2.00 bits per heavy atom. The van der Waals surface area contributed by atoms with Crippen LogP contribution in [0.15, 0.2) is 46.9 Å². The number of halogens is 1. The molecule has 1 N–H and O–H groups in total. The maximum atomic E-state index is 12.3. The van der Waals surface area contributed by atoms with Gasteiger partial charge in [0.2, 0.25) is 11.8 Å². The standard InChI is InChI=1S/C20H21ClN4O2S/c1-13-8-9-15(10-14(13)2)19-23-25(20(28)27-19)12-24(3)11-18(26)22-17-7-5-4-6-16(17)21/h4-10H,11-12H2,1-3H3,(H,22,26). The molecule has 3 rings (SSSR count). The number of carbonyl (C=O) groups is 1. The van der Waals surface area contributed by atoms with Gasteiger partial charge >= 0.3 is 0 Å². The number of amides is 1. The molecule has 0 aliphatic carbocycles. The van der Waals surface area contributed by atoms with Crippen molar-refractivity contribution in [3.8, 4) is 11.5 Å². The van der Waals surface area contributed by atoms with Crippen LogP contribution in [-0.2, 0) is 11.5 Å². The van der Waals surface area contributed by atoms with Crippen molar-refractivity contribution in [3.63, 3.8) is 0 Å². The molecular formula is C20H21ClN4O2S. The van der Waals surface area contributed by atoms with Gasteiger partial charge in [-0.2, -0.15) is 0 Å². The average molecular weight is 417 g/mol. The zero-order valence-corrected chi connectivity index (χ0v) is 17.5. The minimum Gasteiger partial charge on any atom is -0.409 e. The molecule has 0 radical (unpaired) electrons. The van der Waals surface area contributed by atoms with E-state index in [0.717, 1.165) is 11.1 Å². The molecule has 0 bridgehead atoms. The fourth-order valence-electron chi connectivity index (χ4n) is 2.66. The van der Waals surface area contributed by atoms with Crippen LogP contribution in [0, 0.1) is 18.7 Å². The van der Waals surface area contributed by atoms with Gasteiger partial charge in [0.05, 0.1) is 23.9 Å². The maximum Gasteiger partial charge on any atom is 0.288 e. The fraction of sp³-hybridized carbons (Fsp3) is 0.250. The number of rotatable bonds is 6. The van der Waals surface area contributed by atoms with E-state index in [4.69, 9.17) is 28.2 Å². The smallest absolute Gasteiger partial charge is 0.288 e. The third-order valence-corrected chi connectivity index (χ3v) is 4.92. The SMILES string of the molecule is Cc1ccc(-c2nn(CN(C)CC(=O)Nc3ccccc3Cl)c(=S)o2)cc1C. The van der Waals surface area contributed by atoms with Crippen LogP contribution in [-0.4, -0.2) is 34.2 Å². The van der Waals surface area contributed by atoms with Crippen LogP contribution in [0.4, 0.5) is 5.69 Å². The van der Waals surface area contributed by atoms with Crippen LogP contribution in [0.5, 0.6) is 0 Å². The first-order valence-corrected chi connectivity index (χ1v) is 9.50. The first-order valence-electron chi connectivity index (χ1n) is 8.72. The molecule has 0 fully saturated rings. The molecule has 1 amide bonds. The first kappa shape index (κ1) is 20.3. The lowest BCUT2D eigenvalue weighted by atomic mass is 10.1. The number of nitrogens with zero attached hydrogens (tertiary/aromatic N) is 3. The summed E-state index contributed by atoms with van der Waals surface area (Å²) < 4.78 is 7.19. The van der Waals surface area contributed by atoms with E-state index in [2.05, 4.69) is 17.3 Å². The number of benzene rings is 2. The molecule has 2 aromatic carbocycles.